The minimum Gasteiger partial charge on any atom is -0.328 e. The Labute approximate surface area is 124 Å². The van der Waals surface area contributed by atoms with E-state index in [0.29, 0.717) is 18.7 Å². The van der Waals surface area contributed by atoms with Gasteiger partial charge in [0, 0.05) is 34.4 Å². The van der Waals surface area contributed by atoms with Crippen LogP contribution in [0.25, 0.3) is 11.0 Å². The fourth-order valence-corrected chi connectivity index (χ4v) is 2.73. The lowest BCUT2D eigenvalue weighted by molar-refractivity contribution is 0.601. The molecule has 0 atom stereocenters. The lowest BCUT2D eigenvalue weighted by Crippen LogP contribution is -2.02. The Morgan fingerprint density at radius 3 is 2.90 bits per heavy atom. The third-order valence-electron chi connectivity index (χ3n) is 3.28. The van der Waals surface area contributed by atoms with Gasteiger partial charge in [-0.3, -0.25) is 0 Å². The number of rotatable bonds is 3. The van der Waals surface area contributed by atoms with Gasteiger partial charge in [-0.15, -0.1) is 0 Å². The Kier molecular flexibility index (Phi) is 3.54. The maximum Gasteiger partial charge on any atom is 0.140 e. The molecule has 2 N–H and O–H groups in total. The van der Waals surface area contributed by atoms with E-state index in [4.69, 9.17) is 5.73 Å². The highest BCUT2D eigenvalue weighted by Gasteiger charge is 2.10. The van der Waals surface area contributed by atoms with Crippen LogP contribution in [0.5, 0.6) is 0 Å². The van der Waals surface area contributed by atoms with E-state index >= 15 is 0 Å². The number of fused-ring (bicyclic) bond motifs is 1. The van der Waals surface area contributed by atoms with Crippen LogP contribution in [0.4, 0.5) is 4.39 Å². The molecule has 3 aromatic rings. The van der Waals surface area contributed by atoms with Crippen molar-refractivity contribution in [1.29, 1.82) is 0 Å². The van der Waals surface area contributed by atoms with Crippen LogP contribution in [0.15, 0.2) is 47.2 Å². The van der Waals surface area contributed by atoms with Gasteiger partial charge in [-0.25, -0.2) is 9.37 Å². The minimum atomic E-state index is -0.222. The van der Waals surface area contributed by atoms with Crippen LogP contribution in [0.1, 0.15) is 11.1 Å². The first-order chi connectivity index (χ1) is 9.69. The van der Waals surface area contributed by atoms with Gasteiger partial charge in [-0.1, -0.05) is 15.9 Å². The highest BCUT2D eigenvalue weighted by atomic mass is 79.9. The normalized spacial score (nSPS) is 11.2. The molecular weight excluding hydrogens is 321 g/mol. The molecule has 1 aromatic carbocycles. The topological polar surface area (TPSA) is 43.8 Å². The molecule has 0 amide bonds. The summed E-state index contributed by atoms with van der Waals surface area (Å²) in [4.78, 5) is 4.37. The molecule has 0 aliphatic carbocycles. The lowest BCUT2D eigenvalue weighted by atomic mass is 10.2. The lowest BCUT2D eigenvalue weighted by Gasteiger charge is -2.06. The van der Waals surface area contributed by atoms with E-state index in [0.717, 1.165) is 21.1 Å². The van der Waals surface area contributed by atoms with Crippen molar-refractivity contribution in [1.82, 2.24) is 9.55 Å². The van der Waals surface area contributed by atoms with Gasteiger partial charge in [-0.05, 0) is 35.9 Å². The van der Waals surface area contributed by atoms with Crippen molar-refractivity contribution in [2.45, 2.75) is 13.1 Å². The van der Waals surface area contributed by atoms with Gasteiger partial charge in [0.2, 0.25) is 0 Å². The van der Waals surface area contributed by atoms with Crippen molar-refractivity contribution in [3.8, 4) is 0 Å². The summed E-state index contributed by atoms with van der Waals surface area (Å²) >= 11 is 3.37. The Bertz CT molecular complexity index is 767. The van der Waals surface area contributed by atoms with Gasteiger partial charge < -0.3 is 10.3 Å². The van der Waals surface area contributed by atoms with Crippen LogP contribution in [0, 0.1) is 5.82 Å². The maximum absolute atomic E-state index is 13.9. The van der Waals surface area contributed by atoms with Gasteiger partial charge in [-0.2, -0.15) is 0 Å². The Morgan fingerprint density at radius 1 is 1.25 bits per heavy atom. The van der Waals surface area contributed by atoms with Crippen LogP contribution >= 0.6 is 15.9 Å². The van der Waals surface area contributed by atoms with Crippen molar-refractivity contribution in [2.24, 2.45) is 5.73 Å². The highest BCUT2D eigenvalue weighted by molar-refractivity contribution is 9.10. The van der Waals surface area contributed by atoms with Gasteiger partial charge in [0.25, 0.3) is 0 Å². The average Bonchev–Trinajstić information content (AvgIpc) is 2.81. The number of benzene rings is 1. The second kappa shape index (κ2) is 5.34. The van der Waals surface area contributed by atoms with E-state index in [1.54, 1.807) is 18.3 Å². The molecule has 0 radical (unpaired) electrons. The molecule has 0 unspecified atom stereocenters. The first-order valence-corrected chi connectivity index (χ1v) is 7.05. The Balaban J connectivity index is 2.09. The number of halogens is 2. The SMILES string of the molecule is NCc1cn(Cc2cc(Br)ccc2F)c2ncccc12. The van der Waals surface area contributed by atoms with Crippen LogP contribution in [-0.2, 0) is 13.1 Å². The fraction of sp³-hybridized carbons (Fsp3) is 0.133. The second-order valence-electron chi connectivity index (χ2n) is 4.60. The van der Waals surface area contributed by atoms with E-state index in [-0.39, 0.29) is 5.82 Å². The summed E-state index contributed by atoms with van der Waals surface area (Å²) in [6, 6.07) is 8.80. The molecule has 0 bridgehead atoms. The van der Waals surface area contributed by atoms with E-state index < -0.39 is 0 Å². The predicted octanol–water partition coefficient (Wildman–Crippen LogP) is 3.44. The summed E-state index contributed by atoms with van der Waals surface area (Å²) in [6.45, 7) is 0.870. The molecule has 3 nitrogen and oxygen atoms in total. The Hall–Kier alpha value is -1.72. The maximum atomic E-state index is 13.9. The zero-order valence-electron chi connectivity index (χ0n) is 10.7. The monoisotopic (exact) mass is 333 g/mol. The third kappa shape index (κ3) is 2.34. The molecule has 0 aliphatic rings. The van der Waals surface area contributed by atoms with Crippen LogP contribution in [0.2, 0.25) is 0 Å². The van der Waals surface area contributed by atoms with Crippen molar-refractivity contribution < 1.29 is 4.39 Å². The summed E-state index contributed by atoms with van der Waals surface area (Å²) in [7, 11) is 0. The van der Waals surface area contributed by atoms with E-state index in [1.807, 2.05) is 22.9 Å². The van der Waals surface area contributed by atoms with Crippen molar-refractivity contribution in [2.75, 3.05) is 0 Å². The van der Waals surface area contributed by atoms with Crippen molar-refractivity contribution in [3.05, 3.63) is 64.1 Å². The molecule has 2 aromatic heterocycles. The smallest absolute Gasteiger partial charge is 0.140 e. The van der Waals surface area contributed by atoms with E-state index in [9.17, 15) is 4.39 Å². The summed E-state index contributed by atoms with van der Waals surface area (Å²) in [5.74, 6) is -0.222. The van der Waals surface area contributed by atoms with Gasteiger partial charge in [0.15, 0.2) is 0 Å². The quantitative estimate of drug-likeness (QED) is 0.797. The Morgan fingerprint density at radius 2 is 2.10 bits per heavy atom. The molecule has 0 fully saturated rings. The first kappa shape index (κ1) is 13.3. The molecule has 20 heavy (non-hydrogen) atoms. The summed E-state index contributed by atoms with van der Waals surface area (Å²) in [5, 5.41) is 1.02. The van der Waals surface area contributed by atoms with Crippen LogP contribution < -0.4 is 5.73 Å². The average molecular weight is 334 g/mol. The predicted molar refractivity (Wildman–Crippen MR) is 80.8 cm³/mol. The number of hydrogen-bond donors (Lipinski definition) is 1. The summed E-state index contributed by atoms with van der Waals surface area (Å²) < 4.78 is 16.7. The largest absolute Gasteiger partial charge is 0.328 e. The standard InChI is InChI=1S/C15H13BrFN3/c16-12-3-4-14(17)10(6-12)8-20-9-11(7-18)13-2-1-5-19-15(13)20/h1-6,9H,7-8,18H2. The highest BCUT2D eigenvalue weighted by Crippen LogP contribution is 2.22. The fourth-order valence-electron chi connectivity index (χ4n) is 2.33. The number of nitrogens with two attached hydrogens (primary N) is 1. The van der Waals surface area contributed by atoms with Crippen LogP contribution in [-0.4, -0.2) is 9.55 Å². The molecular formula is C15H13BrFN3. The molecule has 102 valence electrons. The van der Waals surface area contributed by atoms with Crippen molar-refractivity contribution >= 4 is 27.0 Å². The zero-order chi connectivity index (χ0) is 14.1. The molecule has 0 saturated heterocycles. The minimum absolute atomic E-state index is 0.222. The third-order valence-corrected chi connectivity index (χ3v) is 3.78. The number of aromatic nitrogens is 2. The molecule has 3 rings (SSSR count). The molecule has 0 aliphatic heterocycles. The van der Waals surface area contributed by atoms with E-state index in [2.05, 4.69) is 20.9 Å². The van der Waals surface area contributed by atoms with E-state index in [1.165, 1.54) is 6.07 Å². The molecule has 2 heterocycles. The van der Waals surface area contributed by atoms with Gasteiger partial charge in [0.1, 0.15) is 11.5 Å². The molecule has 0 saturated carbocycles. The molecule has 0 spiro atoms. The first-order valence-electron chi connectivity index (χ1n) is 6.26. The number of pyridine rings is 1. The molecule has 5 heteroatoms. The van der Waals surface area contributed by atoms with Gasteiger partial charge in [0.05, 0.1) is 6.54 Å². The zero-order valence-corrected chi connectivity index (χ0v) is 12.3. The van der Waals surface area contributed by atoms with Gasteiger partial charge >= 0.3 is 0 Å². The van der Waals surface area contributed by atoms with Crippen molar-refractivity contribution in [3.63, 3.8) is 0 Å². The van der Waals surface area contributed by atoms with Crippen LogP contribution in [0.3, 0.4) is 0 Å². The summed E-state index contributed by atoms with van der Waals surface area (Å²) in [5.41, 5.74) is 8.21. The summed E-state index contributed by atoms with van der Waals surface area (Å²) in [6.07, 6.45) is 3.68. The number of nitrogens with zero attached hydrogens (tertiary/aromatic N) is 2. The second-order valence-corrected chi connectivity index (χ2v) is 5.51. The number of hydrogen-bond acceptors (Lipinski definition) is 2.